The molecule has 0 bridgehead atoms. The summed E-state index contributed by atoms with van der Waals surface area (Å²) in [6, 6.07) is 21.8. The van der Waals surface area contributed by atoms with E-state index in [2.05, 4.69) is 57.1 Å². The highest BCUT2D eigenvalue weighted by Gasteiger charge is 2.26. The molecule has 0 aliphatic carbocycles. The minimum Gasteiger partial charge on any atom is -0.377 e. The van der Waals surface area contributed by atoms with Gasteiger partial charge in [0, 0.05) is 106 Å². The minimum atomic E-state index is -0.662. The van der Waals surface area contributed by atoms with E-state index in [9.17, 15) is 9.59 Å². The van der Waals surface area contributed by atoms with Crippen LogP contribution in [-0.4, -0.2) is 104 Å². The van der Waals surface area contributed by atoms with Crippen LogP contribution in [-0.2, 0) is 23.2 Å². The number of hydrogen-bond donors (Lipinski definition) is 1. The third-order valence-corrected chi connectivity index (χ3v) is 9.96. The molecule has 10 nitrogen and oxygen atoms in total. The number of Topliss-reactive ketones (excluding diaryl/α,β-unsaturated/α-hetero) is 1. The average Bonchev–Trinajstić information content (AvgIpc) is 3.42. The predicted molar refractivity (Wildman–Crippen MR) is 201 cm³/mol. The van der Waals surface area contributed by atoms with E-state index < -0.39 is 11.7 Å². The quantitative estimate of drug-likeness (QED) is 0.123. The van der Waals surface area contributed by atoms with Crippen molar-refractivity contribution in [3.8, 4) is 11.1 Å². The van der Waals surface area contributed by atoms with E-state index >= 15 is 0 Å². The van der Waals surface area contributed by atoms with Gasteiger partial charge < -0.3 is 34.2 Å². The molecule has 2 fully saturated rings. The number of benzene rings is 2. The zero-order valence-electron chi connectivity index (χ0n) is 30.2. The molecular formula is C40H51N7O3. The minimum absolute atomic E-state index is 0.378. The number of aryl methyl sites for hydroxylation is 3. The van der Waals surface area contributed by atoms with E-state index in [-0.39, 0.29) is 0 Å². The van der Waals surface area contributed by atoms with Crippen molar-refractivity contribution in [3.63, 3.8) is 0 Å². The van der Waals surface area contributed by atoms with Crippen molar-refractivity contribution in [1.29, 1.82) is 0 Å². The topological polar surface area (TPSA) is 86.2 Å². The summed E-state index contributed by atoms with van der Waals surface area (Å²) >= 11 is 0. The lowest BCUT2D eigenvalue weighted by atomic mass is 10.0. The highest BCUT2D eigenvalue weighted by atomic mass is 16.5. The summed E-state index contributed by atoms with van der Waals surface area (Å²) < 4.78 is 8.07. The number of ether oxygens (including phenoxy) is 1. The molecule has 0 atom stereocenters. The van der Waals surface area contributed by atoms with Crippen LogP contribution >= 0.6 is 0 Å². The summed E-state index contributed by atoms with van der Waals surface area (Å²) in [6.07, 6.45) is 0.964. The van der Waals surface area contributed by atoms with Crippen LogP contribution in [0.3, 0.4) is 0 Å². The molecule has 2 aliphatic heterocycles. The number of hydrogen-bond acceptors (Lipinski definition) is 8. The molecule has 50 heavy (non-hydrogen) atoms. The van der Waals surface area contributed by atoms with Crippen LogP contribution in [0.25, 0.3) is 11.1 Å². The third-order valence-electron chi connectivity index (χ3n) is 9.96. The number of piperazine rings is 2. The molecule has 1 N–H and O–H groups in total. The molecular weight excluding hydrogens is 626 g/mol. The van der Waals surface area contributed by atoms with Crippen molar-refractivity contribution in [2.75, 3.05) is 87.7 Å². The monoisotopic (exact) mass is 677 g/mol. The number of likely N-dealkylation sites (N-methyl/N-ethyl adjacent to an activating group) is 1. The Hall–Kier alpha value is -4.51. The number of amides is 1. The van der Waals surface area contributed by atoms with Gasteiger partial charge in [-0.15, -0.1) is 0 Å². The van der Waals surface area contributed by atoms with E-state index in [1.807, 2.05) is 69.4 Å². The summed E-state index contributed by atoms with van der Waals surface area (Å²) in [6.45, 7) is 16.0. The van der Waals surface area contributed by atoms with E-state index in [0.717, 1.165) is 105 Å². The lowest BCUT2D eigenvalue weighted by molar-refractivity contribution is -0.112. The first-order valence-corrected chi connectivity index (χ1v) is 17.8. The number of carbonyl (C=O) groups is 2. The average molecular weight is 678 g/mol. The number of aromatic nitrogens is 2. The summed E-state index contributed by atoms with van der Waals surface area (Å²) in [7, 11) is 4.00. The van der Waals surface area contributed by atoms with Crippen LogP contribution in [0.4, 0.5) is 17.2 Å². The van der Waals surface area contributed by atoms with Gasteiger partial charge in [-0.25, -0.2) is 4.98 Å². The highest BCUT2D eigenvalue weighted by Crippen LogP contribution is 2.30. The number of carbonyl (C=O) groups excluding carboxylic acids is 2. The predicted octanol–water partition coefficient (Wildman–Crippen LogP) is 5.31. The summed E-state index contributed by atoms with van der Waals surface area (Å²) in [5.41, 5.74) is 7.85. The summed E-state index contributed by atoms with van der Waals surface area (Å²) in [5.74, 6) is -0.205. The Bertz CT molecular complexity index is 1770. The fraction of sp³-hybridized carbons (Fsp3) is 0.425. The van der Waals surface area contributed by atoms with Gasteiger partial charge in [0.05, 0.1) is 6.61 Å². The molecule has 2 aromatic carbocycles. The standard InChI is InChI=1S/C40H51N7O3/c1-29-24-30(2)41-37(25-29)47-21-19-46(20-22-47)36-13-12-34(27-33(36)28-50-23-9-14-45-17-15-43(4)16-18-45)42-40(49)39(48)38-35(26-31(3)44(38)5)32-10-7-6-8-11-32/h6-8,10-13,24-27H,9,14-23,28H2,1-5H3,(H,42,49). The Morgan fingerprint density at radius 1 is 0.820 bits per heavy atom. The van der Waals surface area contributed by atoms with Crippen molar-refractivity contribution < 1.29 is 14.3 Å². The van der Waals surface area contributed by atoms with E-state index in [0.29, 0.717) is 24.6 Å². The maximum Gasteiger partial charge on any atom is 0.298 e. The molecule has 4 heterocycles. The molecule has 0 saturated carbocycles. The first-order chi connectivity index (χ1) is 24.2. The zero-order valence-corrected chi connectivity index (χ0v) is 30.2. The number of nitrogens with one attached hydrogen (secondary N) is 1. The molecule has 0 unspecified atom stereocenters. The van der Waals surface area contributed by atoms with Gasteiger partial charge in [0.15, 0.2) is 0 Å². The number of rotatable bonds is 12. The van der Waals surface area contributed by atoms with Crippen molar-refractivity contribution >= 4 is 28.9 Å². The molecule has 4 aromatic rings. The largest absolute Gasteiger partial charge is 0.377 e. The molecule has 6 rings (SSSR count). The van der Waals surface area contributed by atoms with Gasteiger partial charge >= 0.3 is 0 Å². The highest BCUT2D eigenvalue weighted by molar-refractivity contribution is 6.47. The van der Waals surface area contributed by atoms with Gasteiger partial charge in [0.1, 0.15) is 11.5 Å². The van der Waals surface area contributed by atoms with Crippen LogP contribution in [0.15, 0.2) is 66.7 Å². The number of pyridine rings is 1. The van der Waals surface area contributed by atoms with E-state index in [4.69, 9.17) is 9.72 Å². The molecule has 2 aliphatic rings. The molecule has 0 spiro atoms. The fourth-order valence-electron chi connectivity index (χ4n) is 7.03. The van der Waals surface area contributed by atoms with Crippen LogP contribution in [0.5, 0.6) is 0 Å². The zero-order chi connectivity index (χ0) is 35.2. The molecule has 10 heteroatoms. The maximum absolute atomic E-state index is 13.7. The number of nitrogens with zero attached hydrogens (tertiary/aromatic N) is 6. The normalized spacial score (nSPS) is 15.8. The second-order valence-corrected chi connectivity index (χ2v) is 13.8. The van der Waals surface area contributed by atoms with Gasteiger partial charge in [-0.3, -0.25) is 9.59 Å². The number of anilines is 3. The van der Waals surface area contributed by atoms with Gasteiger partial charge in [-0.05, 0) is 81.8 Å². The molecule has 264 valence electrons. The molecule has 2 saturated heterocycles. The maximum atomic E-state index is 13.7. The Balaban J connectivity index is 1.16. The molecule has 1 amide bonds. The Morgan fingerprint density at radius 3 is 2.26 bits per heavy atom. The van der Waals surface area contributed by atoms with Crippen LogP contribution in [0.2, 0.25) is 0 Å². The van der Waals surface area contributed by atoms with Crippen molar-refractivity contribution in [1.82, 2.24) is 19.4 Å². The second-order valence-electron chi connectivity index (χ2n) is 13.8. The lowest BCUT2D eigenvalue weighted by Gasteiger charge is -2.38. The second kappa shape index (κ2) is 16.0. The van der Waals surface area contributed by atoms with Crippen LogP contribution in [0, 0.1) is 20.8 Å². The first kappa shape index (κ1) is 35.3. The molecule has 2 aromatic heterocycles. The fourth-order valence-corrected chi connectivity index (χ4v) is 7.03. The van der Waals surface area contributed by atoms with Crippen molar-refractivity contribution in [2.24, 2.45) is 7.05 Å². The van der Waals surface area contributed by atoms with Crippen molar-refractivity contribution in [2.45, 2.75) is 33.8 Å². The molecule has 0 radical (unpaired) electrons. The SMILES string of the molecule is Cc1cc(C)nc(N2CCN(c3ccc(NC(=O)C(=O)c4c(-c5ccccc5)cc(C)n4C)cc3COCCCN3CCN(C)CC3)CC2)c1. The van der Waals surface area contributed by atoms with E-state index in [1.54, 1.807) is 4.57 Å². The smallest absolute Gasteiger partial charge is 0.298 e. The van der Waals surface area contributed by atoms with E-state index in [1.165, 1.54) is 5.56 Å². The summed E-state index contributed by atoms with van der Waals surface area (Å²) in [5, 5.41) is 2.91. The third kappa shape index (κ3) is 8.43. The first-order valence-electron chi connectivity index (χ1n) is 17.8. The van der Waals surface area contributed by atoms with Crippen molar-refractivity contribution in [3.05, 3.63) is 94.9 Å². The van der Waals surface area contributed by atoms with Gasteiger partial charge in [0.25, 0.3) is 11.7 Å². The Kier molecular flexibility index (Phi) is 11.3. The van der Waals surface area contributed by atoms with Gasteiger partial charge in [0.2, 0.25) is 0 Å². The summed E-state index contributed by atoms with van der Waals surface area (Å²) in [4.78, 5) is 41.6. The van der Waals surface area contributed by atoms with Gasteiger partial charge in [-0.2, -0.15) is 0 Å². The Morgan fingerprint density at radius 2 is 1.54 bits per heavy atom. The van der Waals surface area contributed by atoms with Gasteiger partial charge in [-0.1, -0.05) is 30.3 Å². The number of ketones is 1. The lowest BCUT2D eigenvalue weighted by Crippen LogP contribution is -2.47. The van der Waals surface area contributed by atoms with Crippen LogP contribution < -0.4 is 15.1 Å². The van der Waals surface area contributed by atoms with Crippen LogP contribution in [0.1, 0.15) is 39.4 Å². The Labute approximate surface area is 296 Å².